The van der Waals surface area contributed by atoms with Crippen molar-refractivity contribution in [2.75, 3.05) is 12.1 Å². The number of rotatable bonds is 5. The van der Waals surface area contributed by atoms with Crippen LogP contribution in [0.3, 0.4) is 0 Å². The summed E-state index contributed by atoms with van der Waals surface area (Å²) in [6.45, 7) is 2.03. The minimum absolute atomic E-state index is 0.200. The topological polar surface area (TPSA) is 78.3 Å². The van der Waals surface area contributed by atoms with Crippen LogP contribution in [-0.2, 0) is 4.79 Å². The van der Waals surface area contributed by atoms with Crippen LogP contribution in [0.2, 0.25) is 0 Å². The first-order chi connectivity index (χ1) is 15.6. The van der Waals surface area contributed by atoms with Gasteiger partial charge in [0, 0.05) is 17.0 Å². The lowest BCUT2D eigenvalue weighted by molar-refractivity contribution is -0.111. The number of aryl methyl sites for hydroxylation is 1. The van der Waals surface area contributed by atoms with Crippen molar-refractivity contribution in [1.29, 1.82) is 0 Å². The zero-order chi connectivity index (χ0) is 22.1. The molecule has 1 amide bonds. The first kappa shape index (κ1) is 20.0. The Balaban J connectivity index is 1.34. The summed E-state index contributed by atoms with van der Waals surface area (Å²) in [5, 5.41) is 5.37. The van der Waals surface area contributed by atoms with Gasteiger partial charge in [0.25, 0.3) is 0 Å². The second kappa shape index (κ2) is 8.27. The molecule has 0 bridgehead atoms. The number of amides is 1. The fourth-order valence-corrected chi connectivity index (χ4v) is 4.14. The van der Waals surface area contributed by atoms with Crippen molar-refractivity contribution < 1.29 is 18.7 Å². The Bertz CT molecular complexity index is 1330. The summed E-state index contributed by atoms with van der Waals surface area (Å²) in [5.41, 5.74) is 2.35. The van der Waals surface area contributed by atoms with Gasteiger partial charge in [-0.3, -0.25) is 9.36 Å². The van der Waals surface area contributed by atoms with Gasteiger partial charge >= 0.3 is 0 Å². The van der Waals surface area contributed by atoms with Crippen LogP contribution in [0.1, 0.15) is 11.4 Å². The Morgan fingerprint density at radius 3 is 2.84 bits per heavy atom. The maximum absolute atomic E-state index is 13.2. The molecule has 0 atom stereocenters. The van der Waals surface area contributed by atoms with Gasteiger partial charge < -0.3 is 14.8 Å². The average Bonchev–Trinajstić information content (AvgIpc) is 3.52. The normalized spacial score (nSPS) is 12.4. The molecule has 0 aliphatic carbocycles. The number of thiazole rings is 1. The van der Waals surface area contributed by atoms with Gasteiger partial charge in [0.05, 0.1) is 11.9 Å². The van der Waals surface area contributed by atoms with E-state index in [-0.39, 0.29) is 18.5 Å². The van der Waals surface area contributed by atoms with Gasteiger partial charge in [-0.25, -0.2) is 14.4 Å². The van der Waals surface area contributed by atoms with Crippen molar-refractivity contribution in [2.45, 2.75) is 6.92 Å². The van der Waals surface area contributed by atoms with Crippen LogP contribution in [0.4, 0.5) is 10.2 Å². The number of ether oxygens (including phenoxy) is 2. The molecule has 32 heavy (non-hydrogen) atoms. The molecule has 3 heterocycles. The Kier molecular flexibility index (Phi) is 5.16. The van der Waals surface area contributed by atoms with Crippen molar-refractivity contribution in [3.8, 4) is 27.9 Å². The van der Waals surface area contributed by atoms with Crippen molar-refractivity contribution >= 4 is 29.1 Å². The second-order valence-electron chi connectivity index (χ2n) is 6.98. The summed E-state index contributed by atoms with van der Waals surface area (Å²) in [4.78, 5) is 21.5. The lowest BCUT2D eigenvalue weighted by Crippen LogP contribution is -2.12. The Morgan fingerprint density at radius 1 is 1.19 bits per heavy atom. The Labute approximate surface area is 186 Å². The van der Waals surface area contributed by atoms with E-state index in [1.165, 1.54) is 29.5 Å². The van der Waals surface area contributed by atoms with Gasteiger partial charge in [-0.2, -0.15) is 0 Å². The highest BCUT2D eigenvalue weighted by atomic mass is 32.1. The Morgan fingerprint density at radius 2 is 2.00 bits per heavy atom. The van der Waals surface area contributed by atoms with Crippen LogP contribution in [0.15, 0.2) is 60.1 Å². The van der Waals surface area contributed by atoms with Crippen LogP contribution < -0.4 is 14.8 Å². The number of imidazole rings is 1. The molecule has 0 fully saturated rings. The number of carbonyl (C=O) groups excluding carboxylic acids is 1. The van der Waals surface area contributed by atoms with Gasteiger partial charge in [0.15, 0.2) is 16.6 Å². The third-order valence-corrected chi connectivity index (χ3v) is 5.66. The van der Waals surface area contributed by atoms with E-state index in [9.17, 15) is 9.18 Å². The average molecular weight is 448 g/mol. The first-order valence-electron chi connectivity index (χ1n) is 9.72. The molecule has 0 saturated heterocycles. The number of carbonyl (C=O) groups is 1. The number of hydrogen-bond donors (Lipinski definition) is 1. The summed E-state index contributed by atoms with van der Waals surface area (Å²) in [7, 11) is 0. The summed E-state index contributed by atoms with van der Waals surface area (Å²) in [6.07, 6.45) is 4.72. The minimum Gasteiger partial charge on any atom is -0.454 e. The smallest absolute Gasteiger partial charge is 0.249 e. The summed E-state index contributed by atoms with van der Waals surface area (Å²) in [5.74, 6) is 1.92. The molecular weight excluding hydrogens is 431 g/mol. The van der Waals surface area contributed by atoms with E-state index >= 15 is 0 Å². The molecule has 0 unspecified atom stereocenters. The highest BCUT2D eigenvalue weighted by Crippen LogP contribution is 2.33. The molecule has 2 aromatic heterocycles. The maximum Gasteiger partial charge on any atom is 0.249 e. The number of nitrogens with one attached hydrogen (secondary N) is 1. The number of hydrogen-bond acceptors (Lipinski definition) is 6. The van der Waals surface area contributed by atoms with Crippen molar-refractivity contribution in [1.82, 2.24) is 14.5 Å². The SMILES string of the molecule is Cc1ncc(NC(=O)/C=C/c2ccc3c(c2)OCO3)n1-c1nc(-c2ccc(F)cc2)cs1. The predicted octanol–water partition coefficient (Wildman–Crippen LogP) is 4.82. The molecule has 1 aliphatic heterocycles. The van der Waals surface area contributed by atoms with E-state index in [2.05, 4.69) is 15.3 Å². The number of halogens is 1. The molecule has 0 spiro atoms. The molecule has 0 radical (unpaired) electrons. The number of anilines is 1. The molecule has 7 nitrogen and oxygen atoms in total. The van der Waals surface area contributed by atoms with E-state index < -0.39 is 0 Å². The fraction of sp³-hybridized carbons (Fsp3) is 0.0870. The van der Waals surface area contributed by atoms with Crippen LogP contribution in [0.5, 0.6) is 11.5 Å². The van der Waals surface area contributed by atoms with E-state index in [0.29, 0.717) is 28.3 Å². The quantitative estimate of drug-likeness (QED) is 0.443. The zero-order valence-electron chi connectivity index (χ0n) is 16.9. The molecule has 0 saturated carbocycles. The number of benzene rings is 2. The minimum atomic E-state index is -0.306. The first-order valence-corrected chi connectivity index (χ1v) is 10.6. The Hall–Kier alpha value is -3.98. The van der Waals surface area contributed by atoms with E-state index in [0.717, 1.165) is 16.8 Å². The van der Waals surface area contributed by atoms with E-state index in [1.807, 2.05) is 24.4 Å². The van der Waals surface area contributed by atoms with Gasteiger partial charge in [-0.1, -0.05) is 6.07 Å². The van der Waals surface area contributed by atoms with Gasteiger partial charge in [-0.05, 0) is 55.0 Å². The standard InChI is InChI=1S/C23H17FN4O3S/c1-14-25-11-21(27-22(29)9-3-15-2-8-19-20(10-15)31-13-30-19)28(14)23-26-18(12-32-23)16-4-6-17(24)7-5-16/h2-12H,13H2,1H3,(H,27,29)/b9-3+. The van der Waals surface area contributed by atoms with Crippen molar-refractivity contribution in [3.63, 3.8) is 0 Å². The van der Waals surface area contributed by atoms with Gasteiger partial charge in [0.1, 0.15) is 17.5 Å². The molecule has 2 aromatic carbocycles. The van der Waals surface area contributed by atoms with Crippen molar-refractivity contribution in [2.24, 2.45) is 0 Å². The number of aromatic nitrogens is 3. The summed E-state index contributed by atoms with van der Waals surface area (Å²) >= 11 is 1.41. The van der Waals surface area contributed by atoms with Crippen LogP contribution in [0, 0.1) is 12.7 Å². The predicted molar refractivity (Wildman–Crippen MR) is 120 cm³/mol. The van der Waals surface area contributed by atoms with Crippen molar-refractivity contribution in [3.05, 3.63) is 77.3 Å². The van der Waals surface area contributed by atoms with E-state index in [1.54, 1.807) is 35.0 Å². The molecule has 9 heteroatoms. The fourth-order valence-electron chi connectivity index (χ4n) is 3.25. The third-order valence-electron chi connectivity index (χ3n) is 4.84. The maximum atomic E-state index is 13.2. The summed E-state index contributed by atoms with van der Waals surface area (Å²) < 4.78 is 25.6. The highest BCUT2D eigenvalue weighted by Gasteiger charge is 2.15. The molecule has 4 aromatic rings. The second-order valence-corrected chi connectivity index (χ2v) is 7.82. The number of nitrogens with zero attached hydrogens (tertiary/aromatic N) is 3. The molecule has 1 N–H and O–H groups in total. The largest absolute Gasteiger partial charge is 0.454 e. The van der Waals surface area contributed by atoms with Crippen LogP contribution in [0.25, 0.3) is 22.5 Å². The molecular formula is C23H17FN4O3S. The monoisotopic (exact) mass is 448 g/mol. The third kappa shape index (κ3) is 3.97. The van der Waals surface area contributed by atoms with E-state index in [4.69, 9.17) is 9.47 Å². The number of fused-ring (bicyclic) bond motifs is 1. The lowest BCUT2D eigenvalue weighted by Gasteiger charge is -2.07. The highest BCUT2D eigenvalue weighted by molar-refractivity contribution is 7.12. The van der Waals surface area contributed by atoms with Gasteiger partial charge in [0.2, 0.25) is 12.7 Å². The van der Waals surface area contributed by atoms with Gasteiger partial charge in [-0.15, -0.1) is 11.3 Å². The summed E-state index contributed by atoms with van der Waals surface area (Å²) in [6, 6.07) is 11.6. The molecule has 5 rings (SSSR count). The molecule has 1 aliphatic rings. The molecule has 160 valence electrons. The zero-order valence-corrected chi connectivity index (χ0v) is 17.7. The van der Waals surface area contributed by atoms with Crippen LogP contribution in [-0.4, -0.2) is 27.2 Å². The van der Waals surface area contributed by atoms with Crippen LogP contribution >= 0.6 is 11.3 Å². The lowest BCUT2D eigenvalue weighted by atomic mass is 10.2.